The van der Waals surface area contributed by atoms with E-state index in [0.29, 0.717) is 32.1 Å². The van der Waals surface area contributed by atoms with Crippen molar-refractivity contribution in [1.29, 1.82) is 0 Å². The van der Waals surface area contributed by atoms with Gasteiger partial charge in [-0.1, -0.05) is 6.92 Å². The molecule has 0 radical (unpaired) electrons. The van der Waals surface area contributed by atoms with Crippen molar-refractivity contribution >= 4 is 17.7 Å². The Bertz CT molecular complexity index is 156. The second-order valence-electron chi connectivity index (χ2n) is 2.95. The number of thioether (sulfide) groups is 1. The fourth-order valence-electron chi connectivity index (χ4n) is 0.892. The van der Waals surface area contributed by atoms with Gasteiger partial charge in [0.25, 0.3) is 0 Å². The lowest BCUT2D eigenvalue weighted by atomic mass is 10.4. The minimum atomic E-state index is 0.110. The summed E-state index contributed by atoms with van der Waals surface area (Å²) in [7, 11) is 1.65. The van der Waals surface area contributed by atoms with Crippen molar-refractivity contribution < 1.29 is 14.3 Å². The standard InChI is InChI=1S/C10H21NO3S/c1-3-15-9-10(12)11-5-4-6-14-8-7-13-2/h3-9H2,1-2H3,(H,11,12). The molecule has 0 atom stereocenters. The molecular formula is C10H21NO3S. The Balaban J connectivity index is 3.06. The summed E-state index contributed by atoms with van der Waals surface area (Å²) in [6.07, 6.45) is 0.853. The van der Waals surface area contributed by atoms with Crippen molar-refractivity contribution in [1.82, 2.24) is 5.32 Å². The van der Waals surface area contributed by atoms with Crippen LogP contribution in [-0.4, -0.2) is 50.9 Å². The average molecular weight is 235 g/mol. The minimum Gasteiger partial charge on any atom is -0.382 e. The normalized spacial score (nSPS) is 10.3. The molecule has 0 aliphatic rings. The second kappa shape index (κ2) is 11.8. The molecule has 0 bridgehead atoms. The van der Waals surface area contributed by atoms with Crippen molar-refractivity contribution in [3.63, 3.8) is 0 Å². The van der Waals surface area contributed by atoms with E-state index in [1.807, 2.05) is 6.92 Å². The Morgan fingerprint density at radius 3 is 2.80 bits per heavy atom. The first kappa shape index (κ1) is 14.7. The van der Waals surface area contributed by atoms with Crippen LogP contribution in [0.5, 0.6) is 0 Å². The number of hydrogen-bond acceptors (Lipinski definition) is 4. The molecule has 0 aliphatic carbocycles. The number of nitrogens with one attached hydrogen (secondary N) is 1. The third-order valence-corrected chi connectivity index (χ3v) is 2.53. The van der Waals surface area contributed by atoms with E-state index in [-0.39, 0.29) is 5.91 Å². The number of rotatable bonds is 10. The molecule has 0 saturated carbocycles. The number of ether oxygens (including phenoxy) is 2. The zero-order valence-electron chi connectivity index (χ0n) is 9.58. The third kappa shape index (κ3) is 11.7. The number of carbonyl (C=O) groups excluding carboxylic acids is 1. The Kier molecular flexibility index (Phi) is 11.6. The van der Waals surface area contributed by atoms with Crippen LogP contribution in [0.1, 0.15) is 13.3 Å². The Morgan fingerprint density at radius 1 is 1.33 bits per heavy atom. The van der Waals surface area contributed by atoms with Gasteiger partial charge in [-0.05, 0) is 12.2 Å². The van der Waals surface area contributed by atoms with Gasteiger partial charge in [0.15, 0.2) is 0 Å². The lowest BCUT2D eigenvalue weighted by molar-refractivity contribution is -0.118. The van der Waals surface area contributed by atoms with E-state index in [4.69, 9.17) is 9.47 Å². The number of methoxy groups -OCH3 is 1. The Labute approximate surface area is 96.1 Å². The summed E-state index contributed by atoms with van der Waals surface area (Å²) in [4.78, 5) is 11.1. The van der Waals surface area contributed by atoms with E-state index in [0.717, 1.165) is 12.2 Å². The van der Waals surface area contributed by atoms with Gasteiger partial charge in [0.2, 0.25) is 5.91 Å². The molecule has 0 spiro atoms. The summed E-state index contributed by atoms with van der Waals surface area (Å²) in [6.45, 7) is 4.65. The molecule has 0 fully saturated rings. The maximum atomic E-state index is 11.1. The fourth-order valence-corrected chi connectivity index (χ4v) is 1.38. The highest BCUT2D eigenvalue weighted by Gasteiger charge is 1.98. The third-order valence-electron chi connectivity index (χ3n) is 1.66. The van der Waals surface area contributed by atoms with Crippen molar-refractivity contribution in [2.24, 2.45) is 0 Å². The first-order valence-electron chi connectivity index (χ1n) is 5.22. The number of hydrogen-bond donors (Lipinski definition) is 1. The van der Waals surface area contributed by atoms with Gasteiger partial charge in [0.05, 0.1) is 19.0 Å². The van der Waals surface area contributed by atoms with Crippen LogP contribution in [0.2, 0.25) is 0 Å². The topological polar surface area (TPSA) is 47.6 Å². The highest BCUT2D eigenvalue weighted by atomic mass is 32.2. The quantitative estimate of drug-likeness (QED) is 0.572. The molecule has 15 heavy (non-hydrogen) atoms. The molecule has 0 aromatic carbocycles. The molecule has 0 unspecified atom stereocenters. The molecule has 0 aromatic rings. The van der Waals surface area contributed by atoms with Crippen LogP contribution in [-0.2, 0) is 14.3 Å². The van der Waals surface area contributed by atoms with E-state index < -0.39 is 0 Å². The van der Waals surface area contributed by atoms with Crippen molar-refractivity contribution in [2.45, 2.75) is 13.3 Å². The maximum absolute atomic E-state index is 11.1. The van der Waals surface area contributed by atoms with Crippen molar-refractivity contribution in [3.05, 3.63) is 0 Å². The average Bonchev–Trinajstić information content (AvgIpc) is 2.25. The van der Waals surface area contributed by atoms with Crippen molar-refractivity contribution in [3.8, 4) is 0 Å². The van der Waals surface area contributed by atoms with E-state index in [9.17, 15) is 4.79 Å². The van der Waals surface area contributed by atoms with Crippen LogP contribution in [0, 0.1) is 0 Å². The monoisotopic (exact) mass is 235 g/mol. The van der Waals surface area contributed by atoms with Gasteiger partial charge < -0.3 is 14.8 Å². The molecule has 1 N–H and O–H groups in total. The number of amides is 1. The smallest absolute Gasteiger partial charge is 0.229 e. The zero-order valence-corrected chi connectivity index (χ0v) is 10.4. The SMILES string of the molecule is CCSCC(=O)NCCCOCCOC. The summed E-state index contributed by atoms with van der Waals surface area (Å²) in [5, 5.41) is 2.84. The Hall–Kier alpha value is -0.260. The largest absolute Gasteiger partial charge is 0.382 e. The molecule has 0 heterocycles. The predicted octanol–water partition coefficient (Wildman–Crippen LogP) is 0.909. The van der Waals surface area contributed by atoms with Crippen LogP contribution in [0.3, 0.4) is 0 Å². The molecule has 90 valence electrons. The van der Waals surface area contributed by atoms with Gasteiger partial charge in [-0.3, -0.25) is 4.79 Å². The zero-order chi connectivity index (χ0) is 11.4. The van der Waals surface area contributed by atoms with E-state index in [2.05, 4.69) is 5.32 Å². The highest BCUT2D eigenvalue weighted by Crippen LogP contribution is 1.96. The minimum absolute atomic E-state index is 0.110. The molecule has 0 aromatic heterocycles. The molecule has 1 amide bonds. The van der Waals surface area contributed by atoms with Gasteiger partial charge in [0, 0.05) is 20.3 Å². The summed E-state index contributed by atoms with van der Waals surface area (Å²) < 4.78 is 10.1. The predicted molar refractivity (Wildman–Crippen MR) is 63.3 cm³/mol. The molecular weight excluding hydrogens is 214 g/mol. The lowest BCUT2D eigenvalue weighted by Gasteiger charge is -2.05. The number of carbonyl (C=O) groups is 1. The van der Waals surface area contributed by atoms with Gasteiger partial charge in [0.1, 0.15) is 0 Å². The van der Waals surface area contributed by atoms with Gasteiger partial charge >= 0.3 is 0 Å². The summed E-state index contributed by atoms with van der Waals surface area (Å²) in [6, 6.07) is 0. The van der Waals surface area contributed by atoms with Crippen molar-refractivity contribution in [2.75, 3.05) is 45.0 Å². The van der Waals surface area contributed by atoms with E-state index in [1.165, 1.54) is 0 Å². The first-order valence-corrected chi connectivity index (χ1v) is 6.37. The summed E-state index contributed by atoms with van der Waals surface area (Å²) in [5.74, 6) is 1.65. The highest BCUT2D eigenvalue weighted by molar-refractivity contribution is 7.99. The van der Waals surface area contributed by atoms with E-state index >= 15 is 0 Å². The van der Waals surface area contributed by atoms with Gasteiger partial charge in [-0.25, -0.2) is 0 Å². The van der Waals surface area contributed by atoms with E-state index in [1.54, 1.807) is 18.9 Å². The van der Waals surface area contributed by atoms with Crippen LogP contribution in [0.4, 0.5) is 0 Å². The summed E-state index contributed by atoms with van der Waals surface area (Å²) >= 11 is 1.63. The van der Waals surface area contributed by atoms with Gasteiger partial charge in [-0.2, -0.15) is 11.8 Å². The summed E-state index contributed by atoms with van der Waals surface area (Å²) in [5.41, 5.74) is 0. The molecule has 5 heteroatoms. The van der Waals surface area contributed by atoms with Crippen LogP contribution in [0.15, 0.2) is 0 Å². The van der Waals surface area contributed by atoms with Gasteiger partial charge in [-0.15, -0.1) is 0 Å². The second-order valence-corrected chi connectivity index (χ2v) is 4.22. The van der Waals surface area contributed by atoms with Crippen LogP contribution >= 0.6 is 11.8 Å². The Morgan fingerprint density at radius 2 is 2.13 bits per heavy atom. The molecule has 4 nitrogen and oxygen atoms in total. The maximum Gasteiger partial charge on any atom is 0.229 e. The van der Waals surface area contributed by atoms with Crippen LogP contribution in [0.25, 0.3) is 0 Å². The molecule has 0 aliphatic heterocycles. The fraction of sp³-hybridized carbons (Fsp3) is 0.900. The molecule has 0 rings (SSSR count). The first-order chi connectivity index (χ1) is 7.31. The molecule has 0 saturated heterocycles. The van der Waals surface area contributed by atoms with Crippen LogP contribution < -0.4 is 5.32 Å². The lowest BCUT2D eigenvalue weighted by Crippen LogP contribution is -2.27.